The van der Waals surface area contributed by atoms with Gasteiger partial charge in [0.05, 0.1) is 24.3 Å². The third-order valence-electron chi connectivity index (χ3n) is 4.23. The predicted molar refractivity (Wildman–Crippen MR) is 106 cm³/mol. The van der Waals surface area contributed by atoms with Crippen molar-refractivity contribution in [3.8, 4) is 0 Å². The van der Waals surface area contributed by atoms with E-state index in [1.165, 1.54) is 19.2 Å². The Kier molecular flexibility index (Phi) is 5.96. The molecule has 0 saturated carbocycles. The van der Waals surface area contributed by atoms with Crippen molar-refractivity contribution in [3.05, 3.63) is 83.6 Å². The number of sulfonamides is 1. The highest BCUT2D eigenvalue weighted by atomic mass is 32.2. The first-order valence-corrected chi connectivity index (χ1v) is 10.1. The summed E-state index contributed by atoms with van der Waals surface area (Å²) in [4.78, 5) is 11.8. The molecular formula is C21H21NO5S. The molecule has 1 saturated heterocycles. The van der Waals surface area contributed by atoms with Crippen molar-refractivity contribution in [1.29, 1.82) is 0 Å². The molecule has 1 unspecified atom stereocenters. The van der Waals surface area contributed by atoms with Gasteiger partial charge in [0.2, 0.25) is 0 Å². The number of rotatable bonds is 5. The van der Waals surface area contributed by atoms with Crippen LogP contribution in [0.25, 0.3) is 6.08 Å². The maximum absolute atomic E-state index is 13.3. The van der Waals surface area contributed by atoms with Crippen LogP contribution in [0.2, 0.25) is 0 Å². The third-order valence-corrected chi connectivity index (χ3v) is 6.06. The number of hydrogen-bond donors (Lipinski definition) is 0. The van der Waals surface area contributed by atoms with E-state index in [1.54, 1.807) is 24.3 Å². The molecule has 0 spiro atoms. The summed E-state index contributed by atoms with van der Waals surface area (Å²) in [6.07, 6.45) is 3.70. The van der Waals surface area contributed by atoms with Crippen LogP contribution in [-0.2, 0) is 24.3 Å². The van der Waals surface area contributed by atoms with Gasteiger partial charge < -0.3 is 9.47 Å². The van der Waals surface area contributed by atoms with Crippen molar-refractivity contribution >= 4 is 22.1 Å². The highest BCUT2D eigenvalue weighted by Gasteiger charge is 2.38. The average Bonchev–Trinajstić information content (AvgIpc) is 3.10. The van der Waals surface area contributed by atoms with E-state index >= 15 is 0 Å². The highest BCUT2D eigenvalue weighted by Crippen LogP contribution is 2.30. The second-order valence-electron chi connectivity index (χ2n) is 6.24. The molecule has 0 bridgehead atoms. The molecular weight excluding hydrogens is 378 g/mol. The number of methoxy groups -OCH3 is 1. The van der Waals surface area contributed by atoms with Crippen LogP contribution in [0, 0.1) is 6.92 Å². The standard InChI is InChI=1S/C21H21NO5S/c1-16-8-11-19(12-9-16)28(24,25)22-18(14-21(23)26-2)15-27-20(22)13-10-17-6-4-3-5-7-17/h3-14,20H,15H2,1-2H3/b13-10+,18-14+. The van der Waals surface area contributed by atoms with Crippen molar-refractivity contribution in [2.45, 2.75) is 18.0 Å². The number of ether oxygens (including phenoxy) is 2. The lowest BCUT2D eigenvalue weighted by Gasteiger charge is -2.23. The molecule has 1 aliphatic rings. The minimum atomic E-state index is -3.93. The number of nitrogens with zero attached hydrogens (tertiary/aromatic N) is 1. The summed E-state index contributed by atoms with van der Waals surface area (Å²) in [6.45, 7) is 1.85. The summed E-state index contributed by atoms with van der Waals surface area (Å²) in [5, 5.41) is 0. The fourth-order valence-electron chi connectivity index (χ4n) is 2.77. The van der Waals surface area contributed by atoms with Gasteiger partial charge in [-0.15, -0.1) is 0 Å². The van der Waals surface area contributed by atoms with Gasteiger partial charge in [0.15, 0.2) is 6.23 Å². The lowest BCUT2D eigenvalue weighted by Crippen LogP contribution is -2.34. The van der Waals surface area contributed by atoms with Crippen LogP contribution in [0.4, 0.5) is 0 Å². The Bertz CT molecular complexity index is 995. The first-order valence-electron chi connectivity index (χ1n) is 8.66. The molecule has 28 heavy (non-hydrogen) atoms. The summed E-state index contributed by atoms with van der Waals surface area (Å²) >= 11 is 0. The Morgan fingerprint density at radius 3 is 2.46 bits per heavy atom. The first kappa shape index (κ1) is 19.9. The Labute approximate surface area is 164 Å². The Morgan fingerprint density at radius 2 is 1.82 bits per heavy atom. The average molecular weight is 399 g/mol. The van der Waals surface area contributed by atoms with Crippen molar-refractivity contribution in [1.82, 2.24) is 4.31 Å². The Balaban J connectivity index is 2.00. The van der Waals surface area contributed by atoms with E-state index in [9.17, 15) is 13.2 Å². The second kappa shape index (κ2) is 8.41. The van der Waals surface area contributed by atoms with E-state index in [0.29, 0.717) is 0 Å². The van der Waals surface area contributed by atoms with Gasteiger partial charge in [0.1, 0.15) is 0 Å². The molecule has 3 rings (SSSR count). The number of carbonyl (C=O) groups is 1. The van der Waals surface area contributed by atoms with Gasteiger partial charge in [-0.2, -0.15) is 0 Å². The topological polar surface area (TPSA) is 72.9 Å². The molecule has 0 aromatic heterocycles. The molecule has 1 fully saturated rings. The molecule has 1 aliphatic heterocycles. The van der Waals surface area contributed by atoms with E-state index in [1.807, 2.05) is 37.3 Å². The number of benzene rings is 2. The van der Waals surface area contributed by atoms with Crippen LogP contribution >= 0.6 is 0 Å². The summed E-state index contributed by atoms with van der Waals surface area (Å²) in [6, 6.07) is 16.0. The minimum Gasteiger partial charge on any atom is -0.466 e. The highest BCUT2D eigenvalue weighted by molar-refractivity contribution is 7.89. The van der Waals surface area contributed by atoms with Gasteiger partial charge in [-0.3, -0.25) is 0 Å². The molecule has 1 heterocycles. The smallest absolute Gasteiger partial charge is 0.332 e. The zero-order chi connectivity index (χ0) is 20.1. The predicted octanol–water partition coefficient (Wildman–Crippen LogP) is 3.11. The van der Waals surface area contributed by atoms with Gasteiger partial charge >= 0.3 is 5.97 Å². The number of esters is 1. The monoisotopic (exact) mass is 399 g/mol. The van der Waals surface area contributed by atoms with Gasteiger partial charge in [0.25, 0.3) is 10.0 Å². The van der Waals surface area contributed by atoms with Crippen molar-refractivity contribution < 1.29 is 22.7 Å². The van der Waals surface area contributed by atoms with E-state index in [0.717, 1.165) is 21.5 Å². The van der Waals surface area contributed by atoms with Crippen molar-refractivity contribution in [2.75, 3.05) is 13.7 Å². The van der Waals surface area contributed by atoms with E-state index in [4.69, 9.17) is 4.74 Å². The SMILES string of the molecule is COC(=O)/C=C1\COC(/C=C/c2ccccc2)N1S(=O)(=O)c1ccc(C)cc1. The zero-order valence-electron chi connectivity index (χ0n) is 15.6. The maximum Gasteiger partial charge on any atom is 0.332 e. The van der Waals surface area contributed by atoms with Crippen LogP contribution in [0.15, 0.2) is 77.3 Å². The number of aryl methyl sites for hydroxylation is 1. The van der Waals surface area contributed by atoms with Gasteiger partial charge in [0, 0.05) is 6.08 Å². The lowest BCUT2D eigenvalue weighted by molar-refractivity contribution is -0.134. The van der Waals surface area contributed by atoms with E-state index in [2.05, 4.69) is 4.74 Å². The molecule has 146 valence electrons. The van der Waals surface area contributed by atoms with Gasteiger partial charge in [-0.05, 0) is 30.7 Å². The molecule has 6 nitrogen and oxygen atoms in total. The van der Waals surface area contributed by atoms with Gasteiger partial charge in [-0.25, -0.2) is 17.5 Å². The van der Waals surface area contributed by atoms with Crippen LogP contribution in [-0.4, -0.2) is 38.6 Å². The summed E-state index contributed by atoms with van der Waals surface area (Å²) in [5.74, 6) is -0.643. The van der Waals surface area contributed by atoms with Crippen LogP contribution in [0.5, 0.6) is 0 Å². The fraction of sp³-hybridized carbons (Fsp3) is 0.190. The molecule has 0 radical (unpaired) electrons. The Morgan fingerprint density at radius 1 is 1.14 bits per heavy atom. The quantitative estimate of drug-likeness (QED) is 0.571. The fourth-order valence-corrected chi connectivity index (χ4v) is 4.30. The minimum absolute atomic E-state index is 0.0238. The second-order valence-corrected chi connectivity index (χ2v) is 8.06. The van der Waals surface area contributed by atoms with E-state index < -0.39 is 22.2 Å². The number of carbonyl (C=O) groups excluding carboxylic acids is 1. The lowest BCUT2D eigenvalue weighted by atomic mass is 10.2. The Hall–Kier alpha value is -2.90. The van der Waals surface area contributed by atoms with Crippen molar-refractivity contribution in [2.24, 2.45) is 0 Å². The molecule has 0 amide bonds. The maximum atomic E-state index is 13.3. The molecule has 2 aromatic carbocycles. The molecule has 2 aromatic rings. The zero-order valence-corrected chi connectivity index (χ0v) is 16.4. The summed E-state index contributed by atoms with van der Waals surface area (Å²) in [5.41, 5.74) is 2.07. The van der Waals surface area contributed by atoms with Crippen molar-refractivity contribution in [3.63, 3.8) is 0 Å². The first-order chi connectivity index (χ1) is 13.4. The van der Waals surface area contributed by atoms with Gasteiger partial charge in [-0.1, -0.05) is 54.1 Å². The normalized spacial score (nSPS) is 18.7. The summed E-state index contributed by atoms with van der Waals surface area (Å²) < 4.78 is 38.0. The molecule has 7 heteroatoms. The number of hydrogen-bond acceptors (Lipinski definition) is 5. The third kappa shape index (κ3) is 4.32. The summed E-state index contributed by atoms with van der Waals surface area (Å²) in [7, 11) is -2.69. The van der Waals surface area contributed by atoms with E-state index in [-0.39, 0.29) is 17.2 Å². The van der Waals surface area contributed by atoms with Crippen LogP contribution in [0.3, 0.4) is 0 Å². The molecule has 0 aliphatic carbocycles. The molecule has 0 N–H and O–H groups in total. The van der Waals surface area contributed by atoms with Crippen LogP contribution < -0.4 is 0 Å². The molecule has 1 atom stereocenters. The largest absolute Gasteiger partial charge is 0.466 e. The van der Waals surface area contributed by atoms with Crippen LogP contribution in [0.1, 0.15) is 11.1 Å².